The molecule has 2 aromatic carbocycles. The fourth-order valence-electron chi connectivity index (χ4n) is 4.49. The molecule has 3 heterocycles. The van der Waals surface area contributed by atoms with Gasteiger partial charge in [0.25, 0.3) is 11.8 Å². The van der Waals surface area contributed by atoms with Gasteiger partial charge >= 0.3 is 0 Å². The highest BCUT2D eigenvalue weighted by atomic mass is 19.1. The van der Waals surface area contributed by atoms with Gasteiger partial charge in [-0.15, -0.1) is 0 Å². The smallest absolute Gasteiger partial charge is 0.289 e. The summed E-state index contributed by atoms with van der Waals surface area (Å²) in [7, 11) is 0. The SMILES string of the molecule is CCN1CCN(C(=O)c2ccc(CN3C(=O)COc4ccc(C(=O)COc5ccccc5F)cc43)o2)CC1. The van der Waals surface area contributed by atoms with Crippen LogP contribution >= 0.6 is 0 Å². The van der Waals surface area contributed by atoms with Crippen molar-refractivity contribution in [3.05, 3.63) is 77.5 Å². The number of hydrogen-bond donors (Lipinski definition) is 0. The average Bonchev–Trinajstić information content (AvgIpc) is 3.42. The van der Waals surface area contributed by atoms with Gasteiger partial charge in [-0.05, 0) is 49.0 Å². The molecule has 0 bridgehead atoms. The van der Waals surface area contributed by atoms with Gasteiger partial charge in [0.1, 0.15) is 11.5 Å². The second kappa shape index (κ2) is 11.1. The Morgan fingerprint density at radius 2 is 1.82 bits per heavy atom. The maximum Gasteiger partial charge on any atom is 0.289 e. The second-order valence-corrected chi connectivity index (χ2v) is 9.09. The first kappa shape index (κ1) is 25.5. The number of ketones is 1. The summed E-state index contributed by atoms with van der Waals surface area (Å²) < 4.78 is 30.5. The zero-order valence-corrected chi connectivity index (χ0v) is 21.0. The van der Waals surface area contributed by atoms with Crippen molar-refractivity contribution in [1.82, 2.24) is 9.80 Å². The van der Waals surface area contributed by atoms with Crippen LogP contribution in [-0.2, 0) is 11.3 Å². The standard InChI is InChI=1S/C28H28FN3O6/c1-2-30-11-13-31(14-12-30)28(35)26-10-8-20(38-26)16-32-22-15-19(7-9-25(22)37-18-27(32)34)23(33)17-36-24-6-4-3-5-21(24)29/h3-10,15H,2,11-14,16-18H2,1H3. The third-order valence-corrected chi connectivity index (χ3v) is 6.71. The van der Waals surface area contributed by atoms with Gasteiger partial charge < -0.3 is 23.7 Å². The van der Waals surface area contributed by atoms with Gasteiger partial charge in [0.15, 0.2) is 36.3 Å². The second-order valence-electron chi connectivity index (χ2n) is 9.09. The molecular formula is C28H28FN3O6. The number of piperazine rings is 1. The first-order valence-corrected chi connectivity index (χ1v) is 12.5. The number of nitrogens with zero attached hydrogens (tertiary/aromatic N) is 3. The van der Waals surface area contributed by atoms with Crippen LogP contribution in [0.3, 0.4) is 0 Å². The van der Waals surface area contributed by atoms with E-state index in [1.54, 1.807) is 41.3 Å². The zero-order chi connectivity index (χ0) is 26.6. The number of likely N-dealkylation sites (N-methyl/N-ethyl adjacent to an activating group) is 1. The van der Waals surface area contributed by atoms with E-state index in [2.05, 4.69) is 11.8 Å². The van der Waals surface area contributed by atoms with Crippen LogP contribution in [0.4, 0.5) is 10.1 Å². The lowest BCUT2D eigenvalue weighted by Crippen LogP contribution is -2.48. The Labute approximate surface area is 219 Å². The molecule has 1 saturated heterocycles. The van der Waals surface area contributed by atoms with Gasteiger partial charge in [-0.1, -0.05) is 19.1 Å². The van der Waals surface area contributed by atoms with Crippen LogP contribution in [0.5, 0.6) is 11.5 Å². The number of carbonyl (C=O) groups excluding carboxylic acids is 3. The number of halogens is 1. The Balaban J connectivity index is 1.28. The van der Waals surface area contributed by atoms with Crippen LogP contribution in [0.1, 0.15) is 33.6 Å². The number of para-hydroxylation sites is 1. The third-order valence-electron chi connectivity index (χ3n) is 6.71. The quantitative estimate of drug-likeness (QED) is 0.420. The molecular weight excluding hydrogens is 493 g/mol. The maximum atomic E-state index is 13.8. The molecule has 1 aromatic heterocycles. The first-order valence-electron chi connectivity index (χ1n) is 12.5. The Morgan fingerprint density at radius 1 is 1.03 bits per heavy atom. The number of anilines is 1. The predicted octanol–water partition coefficient (Wildman–Crippen LogP) is 3.38. The van der Waals surface area contributed by atoms with Gasteiger partial charge in [-0.3, -0.25) is 19.3 Å². The number of furan rings is 1. The summed E-state index contributed by atoms with van der Waals surface area (Å²) in [6, 6.07) is 13.9. The summed E-state index contributed by atoms with van der Waals surface area (Å²) in [4.78, 5) is 44.0. The van der Waals surface area contributed by atoms with Crippen molar-refractivity contribution in [1.29, 1.82) is 0 Å². The molecule has 0 unspecified atom stereocenters. The third kappa shape index (κ3) is 5.40. The van der Waals surface area contributed by atoms with Crippen LogP contribution < -0.4 is 14.4 Å². The Morgan fingerprint density at radius 3 is 2.58 bits per heavy atom. The minimum Gasteiger partial charge on any atom is -0.482 e. The normalized spacial score (nSPS) is 15.7. The highest BCUT2D eigenvalue weighted by molar-refractivity contribution is 6.02. The highest BCUT2D eigenvalue weighted by Gasteiger charge is 2.29. The molecule has 2 aliphatic rings. The van der Waals surface area contributed by atoms with Crippen molar-refractivity contribution >= 4 is 23.3 Å². The minimum absolute atomic E-state index is 0.0191. The van der Waals surface area contributed by atoms with E-state index in [0.717, 1.165) is 19.6 Å². The Hall–Kier alpha value is -4.18. The summed E-state index contributed by atoms with van der Waals surface area (Å²) in [5, 5.41) is 0. The molecule has 0 aliphatic carbocycles. The van der Waals surface area contributed by atoms with Crippen molar-refractivity contribution < 1.29 is 32.7 Å². The Kier molecular flexibility index (Phi) is 7.41. The van der Waals surface area contributed by atoms with Gasteiger partial charge in [0.05, 0.1) is 12.2 Å². The summed E-state index contributed by atoms with van der Waals surface area (Å²) in [6.07, 6.45) is 0. The molecule has 9 nitrogen and oxygen atoms in total. The molecule has 0 spiro atoms. The molecule has 5 rings (SSSR count). The van der Waals surface area contributed by atoms with E-state index in [-0.39, 0.29) is 54.4 Å². The van der Waals surface area contributed by atoms with Crippen LogP contribution in [0.2, 0.25) is 0 Å². The molecule has 2 aliphatic heterocycles. The monoisotopic (exact) mass is 521 g/mol. The predicted molar refractivity (Wildman–Crippen MR) is 136 cm³/mol. The Bertz CT molecular complexity index is 1350. The van der Waals surface area contributed by atoms with E-state index in [9.17, 15) is 18.8 Å². The molecule has 198 valence electrons. The van der Waals surface area contributed by atoms with Gasteiger partial charge in [-0.25, -0.2) is 4.39 Å². The number of benzene rings is 2. The number of fused-ring (bicyclic) bond motifs is 1. The summed E-state index contributed by atoms with van der Waals surface area (Å²) in [6.45, 7) is 5.49. The number of carbonyl (C=O) groups is 3. The number of ether oxygens (including phenoxy) is 2. The fourth-order valence-corrected chi connectivity index (χ4v) is 4.49. The van der Waals surface area contributed by atoms with Crippen LogP contribution in [0, 0.1) is 5.82 Å². The number of hydrogen-bond acceptors (Lipinski definition) is 7. The molecule has 1 fully saturated rings. The number of rotatable bonds is 8. The first-order chi connectivity index (χ1) is 18.4. The van der Waals surface area contributed by atoms with E-state index >= 15 is 0 Å². The molecule has 0 atom stereocenters. The van der Waals surface area contributed by atoms with Gasteiger partial charge in [0.2, 0.25) is 0 Å². The van der Waals surface area contributed by atoms with Gasteiger partial charge in [0, 0.05) is 31.7 Å². The maximum absolute atomic E-state index is 13.8. The lowest BCUT2D eigenvalue weighted by atomic mass is 10.1. The van der Waals surface area contributed by atoms with Crippen molar-refractivity contribution in [3.8, 4) is 11.5 Å². The van der Waals surface area contributed by atoms with Crippen molar-refractivity contribution in [2.75, 3.05) is 50.8 Å². The van der Waals surface area contributed by atoms with E-state index in [1.165, 1.54) is 23.1 Å². The van der Waals surface area contributed by atoms with E-state index < -0.39 is 5.82 Å². The van der Waals surface area contributed by atoms with E-state index in [1.807, 2.05) is 0 Å². The fraction of sp³-hybridized carbons (Fsp3) is 0.321. The molecule has 0 N–H and O–H groups in total. The van der Waals surface area contributed by atoms with Crippen molar-refractivity contribution in [2.24, 2.45) is 0 Å². The van der Waals surface area contributed by atoms with Crippen LogP contribution in [0.25, 0.3) is 0 Å². The highest BCUT2D eigenvalue weighted by Crippen LogP contribution is 2.34. The van der Waals surface area contributed by atoms with Crippen LogP contribution in [-0.4, -0.2) is 73.3 Å². The van der Waals surface area contributed by atoms with Crippen molar-refractivity contribution in [2.45, 2.75) is 13.5 Å². The molecule has 38 heavy (non-hydrogen) atoms. The number of Topliss-reactive ketones (excluding diaryl/α,β-unsaturated/α-hetero) is 1. The average molecular weight is 522 g/mol. The summed E-state index contributed by atoms with van der Waals surface area (Å²) in [5.41, 5.74) is 0.683. The minimum atomic E-state index is -0.560. The van der Waals surface area contributed by atoms with Gasteiger partial charge in [-0.2, -0.15) is 0 Å². The lowest BCUT2D eigenvalue weighted by molar-refractivity contribution is -0.121. The molecule has 0 saturated carbocycles. The largest absolute Gasteiger partial charge is 0.482 e. The molecule has 0 radical (unpaired) electrons. The van der Waals surface area contributed by atoms with Crippen LogP contribution in [0.15, 0.2) is 59.0 Å². The summed E-state index contributed by atoms with van der Waals surface area (Å²) >= 11 is 0. The molecule has 2 amide bonds. The lowest BCUT2D eigenvalue weighted by Gasteiger charge is -2.33. The zero-order valence-electron chi connectivity index (χ0n) is 21.0. The number of amides is 2. The topological polar surface area (TPSA) is 92.5 Å². The summed E-state index contributed by atoms with van der Waals surface area (Å²) in [5.74, 6) is -0.365. The molecule has 10 heteroatoms. The van der Waals surface area contributed by atoms with Crippen molar-refractivity contribution in [3.63, 3.8) is 0 Å². The molecule has 3 aromatic rings. The van der Waals surface area contributed by atoms with E-state index in [0.29, 0.717) is 30.3 Å². The van der Waals surface area contributed by atoms with E-state index in [4.69, 9.17) is 13.9 Å².